The van der Waals surface area contributed by atoms with Gasteiger partial charge in [0.1, 0.15) is 0 Å². The Morgan fingerprint density at radius 3 is 2.00 bits per heavy atom. The zero-order chi connectivity index (χ0) is 22.1. The molecule has 0 atom stereocenters. The molecule has 0 fully saturated rings. The van der Waals surface area contributed by atoms with Gasteiger partial charge in [-0.15, -0.1) is 24.8 Å². The normalized spacial score (nSPS) is 16.4. The van der Waals surface area contributed by atoms with Gasteiger partial charge >= 0.3 is 188 Å². The first kappa shape index (κ1) is 27.8. The molecule has 0 unspecified atom stereocenters. The Balaban J connectivity index is 0.00000181. The Morgan fingerprint density at radius 1 is 0.844 bits per heavy atom. The van der Waals surface area contributed by atoms with E-state index in [9.17, 15) is 0 Å². The number of halogens is 2. The second-order valence-corrected chi connectivity index (χ2v) is 48.9. The van der Waals surface area contributed by atoms with Gasteiger partial charge < -0.3 is 0 Å². The molecule has 0 heterocycles. The van der Waals surface area contributed by atoms with Crippen LogP contribution in [0.3, 0.4) is 0 Å². The van der Waals surface area contributed by atoms with Crippen molar-refractivity contribution in [3.63, 3.8) is 0 Å². The molecule has 0 aliphatic heterocycles. The average Bonchev–Trinajstić information content (AvgIpc) is 3.26. The van der Waals surface area contributed by atoms with Crippen LogP contribution in [0.5, 0.6) is 0 Å². The van der Waals surface area contributed by atoms with Crippen molar-refractivity contribution in [2.75, 3.05) is 0 Å². The van der Waals surface area contributed by atoms with Gasteiger partial charge in [0.15, 0.2) is 0 Å². The number of benzene rings is 2. The summed E-state index contributed by atoms with van der Waals surface area (Å²) in [6.45, 7) is 14.2. The van der Waals surface area contributed by atoms with Gasteiger partial charge in [0.2, 0.25) is 0 Å². The van der Waals surface area contributed by atoms with Crippen LogP contribution >= 0.6 is 24.8 Å². The van der Waals surface area contributed by atoms with Crippen LogP contribution in [0.2, 0.25) is 9.26 Å². The summed E-state index contributed by atoms with van der Waals surface area (Å²) in [5.41, 5.74) is 9.64. The first-order valence-electron chi connectivity index (χ1n) is 11.6. The standard InChI is InChI=1S/C21H25.C5H5.2CH3.2ClH.H3Si.Zr/c1-20(2,3)16-7-9-18-14(12-16)11-15-13-17(21(4,5)6)8-10-19(15)18;1-2-4-5-3-1;;;;;;/h7-10,12H,11H2,1-6H3;1-3H,4H2;2*1H3;2*1H;1H3;. The van der Waals surface area contributed by atoms with E-state index >= 15 is 0 Å². The van der Waals surface area contributed by atoms with E-state index in [-0.39, 0.29) is 35.6 Å². The molecule has 0 bridgehead atoms. The van der Waals surface area contributed by atoms with E-state index in [1.165, 1.54) is 36.0 Å². The maximum atomic E-state index is 2.72. The summed E-state index contributed by atoms with van der Waals surface area (Å²) in [5.74, 6) is 0. The van der Waals surface area contributed by atoms with Gasteiger partial charge in [0.25, 0.3) is 0 Å². The Morgan fingerprint density at radius 2 is 1.47 bits per heavy atom. The SMILES string of the molecule is CC(C)(C)c1ccc2c(c1)Cc1c-2ccc(C(C)(C)C)[c]1[Zr]([CH3])([CH3])([SiH3])[C]1=CC=CC1.Cl.Cl. The summed E-state index contributed by atoms with van der Waals surface area (Å²) in [4.78, 5) is 0. The van der Waals surface area contributed by atoms with Crippen molar-refractivity contribution >= 4 is 35.5 Å². The Labute approximate surface area is 211 Å². The zero-order valence-corrected chi connectivity index (χ0v) is 27.4. The molecule has 175 valence electrons. The predicted molar refractivity (Wildman–Crippen MR) is 150 cm³/mol. The van der Waals surface area contributed by atoms with Crippen LogP contribution in [-0.4, -0.2) is 7.37 Å². The number of fused-ring (bicyclic) bond motifs is 3. The van der Waals surface area contributed by atoms with E-state index < -0.39 is 17.9 Å². The molecular weight excluding hydrogens is 527 g/mol. The van der Waals surface area contributed by atoms with Crippen molar-refractivity contribution in [1.82, 2.24) is 0 Å². The summed E-state index contributed by atoms with van der Waals surface area (Å²) < 4.78 is 9.05. The molecule has 2 aromatic rings. The van der Waals surface area contributed by atoms with Crippen LogP contribution in [-0.2, 0) is 35.2 Å². The van der Waals surface area contributed by atoms with E-state index in [1.54, 1.807) is 14.4 Å². The van der Waals surface area contributed by atoms with E-state index in [2.05, 4.69) is 99.4 Å². The fraction of sp³-hybridized carbons (Fsp3) is 0.429. The molecule has 2 aliphatic carbocycles. The van der Waals surface area contributed by atoms with Gasteiger partial charge in [-0.2, -0.15) is 0 Å². The third-order valence-corrected chi connectivity index (χ3v) is 26.4. The van der Waals surface area contributed by atoms with E-state index in [4.69, 9.17) is 0 Å². The van der Waals surface area contributed by atoms with Crippen LogP contribution in [0.25, 0.3) is 11.1 Å². The second kappa shape index (κ2) is 8.67. The third-order valence-electron chi connectivity index (χ3n) is 7.52. The smallest absolute Gasteiger partial charge is 0.147 e. The summed E-state index contributed by atoms with van der Waals surface area (Å²) in [5, 5.41) is 0. The Bertz CT molecular complexity index is 1100. The van der Waals surface area contributed by atoms with E-state index in [0.29, 0.717) is 0 Å². The summed E-state index contributed by atoms with van der Waals surface area (Å²) in [6, 6.07) is 12.2. The first-order chi connectivity index (χ1) is 13.7. The monoisotopic (exact) mass is 565 g/mol. The van der Waals surface area contributed by atoms with Crippen molar-refractivity contribution in [2.24, 2.45) is 0 Å². The van der Waals surface area contributed by atoms with Gasteiger partial charge in [-0.1, -0.05) is 0 Å². The molecule has 0 spiro atoms. The predicted octanol–water partition coefficient (Wildman–Crippen LogP) is 7.23. The molecule has 4 heteroatoms. The quantitative estimate of drug-likeness (QED) is 0.287. The molecule has 0 saturated heterocycles. The third kappa shape index (κ3) is 4.59. The number of rotatable bonds is 2. The molecule has 0 nitrogen and oxygen atoms in total. The second-order valence-electron chi connectivity index (χ2n) is 13.0. The maximum Gasteiger partial charge on any atom is -0.147 e. The van der Waals surface area contributed by atoms with Gasteiger partial charge in [0.05, 0.1) is 0 Å². The zero-order valence-electron chi connectivity index (χ0n) is 21.3. The van der Waals surface area contributed by atoms with Crippen molar-refractivity contribution in [1.29, 1.82) is 0 Å². The Hall–Kier alpha value is -0.400. The molecular formula is C28H41Cl2SiZr. The number of hydrogen-bond acceptors (Lipinski definition) is 0. The van der Waals surface area contributed by atoms with Gasteiger partial charge in [-0.3, -0.25) is 0 Å². The minimum Gasteiger partial charge on any atom is -0.147 e. The van der Waals surface area contributed by atoms with Gasteiger partial charge in [0, 0.05) is 0 Å². The number of allylic oxidation sites excluding steroid dienone is 4. The first-order valence-corrected chi connectivity index (χ1v) is 27.3. The molecule has 2 aliphatic rings. The fourth-order valence-electron chi connectivity index (χ4n) is 5.62. The molecule has 0 N–H and O–H groups in total. The summed E-state index contributed by atoms with van der Waals surface area (Å²) in [7, 11) is 1.29. The van der Waals surface area contributed by atoms with Gasteiger partial charge in [-0.25, -0.2) is 0 Å². The van der Waals surface area contributed by atoms with Crippen molar-refractivity contribution in [2.45, 2.75) is 74.5 Å². The summed E-state index contributed by atoms with van der Waals surface area (Å²) >= 11 is -3.20. The topological polar surface area (TPSA) is 0 Å². The van der Waals surface area contributed by atoms with Crippen molar-refractivity contribution in [3.8, 4) is 11.1 Å². The maximum absolute atomic E-state index is 3.20. The van der Waals surface area contributed by atoms with Crippen LogP contribution < -0.4 is 3.27 Å². The molecule has 0 radical (unpaired) electrons. The van der Waals surface area contributed by atoms with E-state index in [1.807, 2.05) is 3.27 Å². The van der Waals surface area contributed by atoms with Crippen LogP contribution in [0.1, 0.15) is 70.2 Å². The largest absolute Gasteiger partial charge is 0.147 e. The molecule has 0 amide bonds. The fourth-order valence-corrected chi connectivity index (χ4v) is 22.3. The minimum atomic E-state index is -3.20. The van der Waals surface area contributed by atoms with Crippen LogP contribution in [0, 0.1) is 0 Å². The average molecular weight is 568 g/mol. The van der Waals surface area contributed by atoms with Crippen molar-refractivity contribution < 1.29 is 17.9 Å². The van der Waals surface area contributed by atoms with Crippen LogP contribution in [0.4, 0.5) is 0 Å². The van der Waals surface area contributed by atoms with Crippen molar-refractivity contribution in [3.05, 3.63) is 74.1 Å². The molecule has 0 aromatic heterocycles. The van der Waals surface area contributed by atoms with Crippen LogP contribution in [0.15, 0.2) is 51.8 Å². The molecule has 4 rings (SSSR count). The molecule has 0 saturated carbocycles. The van der Waals surface area contributed by atoms with Gasteiger partial charge in [-0.05, 0) is 0 Å². The summed E-state index contributed by atoms with van der Waals surface area (Å²) in [6.07, 6.45) is 9.44. The minimum absolute atomic E-state index is 0. The Kier molecular flexibility index (Phi) is 7.55. The van der Waals surface area contributed by atoms with E-state index in [0.717, 1.165) is 6.42 Å². The molecule has 2 aromatic carbocycles. The molecule has 32 heavy (non-hydrogen) atoms. The number of hydrogen-bond donors (Lipinski definition) is 0.